The van der Waals surface area contributed by atoms with Crippen molar-refractivity contribution >= 4 is 17.7 Å². The number of nitrogens with one attached hydrogen (secondary N) is 1. The maximum Gasteiger partial charge on any atom is 0.247 e. The summed E-state index contributed by atoms with van der Waals surface area (Å²) in [6.45, 7) is 1.08. The molecule has 1 saturated carbocycles. The Morgan fingerprint density at radius 3 is 2.43 bits per heavy atom. The lowest BCUT2D eigenvalue weighted by Gasteiger charge is -2.31. The molecule has 0 radical (unpaired) electrons. The number of likely N-dealkylation sites (tertiary alicyclic amines) is 1. The predicted molar refractivity (Wildman–Crippen MR) is 76.0 cm³/mol. The Bertz CT molecular complexity index is 445. The summed E-state index contributed by atoms with van der Waals surface area (Å²) in [5.74, 6) is 0.0658. The molecule has 2 saturated heterocycles. The quantitative estimate of drug-likeness (QED) is 0.805. The molecule has 3 rings (SSSR count). The minimum atomic E-state index is -0.355. The second-order valence-electron chi connectivity index (χ2n) is 6.32. The topological polar surface area (TPSA) is 69.7 Å². The molecule has 1 aliphatic carbocycles. The van der Waals surface area contributed by atoms with Gasteiger partial charge in [-0.25, -0.2) is 0 Å². The number of hydrogen-bond acceptors (Lipinski definition) is 3. The Morgan fingerprint density at radius 1 is 1.00 bits per heavy atom. The van der Waals surface area contributed by atoms with Crippen molar-refractivity contribution in [2.75, 3.05) is 19.8 Å². The normalized spacial score (nSPS) is 27.0. The minimum absolute atomic E-state index is 0.0741. The fraction of sp³-hybridized carbons (Fsp3) is 0.800. The van der Waals surface area contributed by atoms with E-state index in [0.29, 0.717) is 6.54 Å². The maximum absolute atomic E-state index is 12.7. The van der Waals surface area contributed by atoms with Crippen LogP contribution in [0, 0.1) is 5.92 Å². The molecule has 21 heavy (non-hydrogen) atoms. The highest BCUT2D eigenvalue weighted by Gasteiger charge is 2.40. The van der Waals surface area contributed by atoms with E-state index in [-0.39, 0.29) is 42.9 Å². The molecule has 3 aliphatic rings. The number of carbonyl (C=O) groups excluding carboxylic acids is 3. The number of rotatable bonds is 2. The van der Waals surface area contributed by atoms with Crippen LogP contribution in [0.2, 0.25) is 0 Å². The SMILES string of the molecule is O=C1CN(C(=O)C2CCCN2C(=O)C2CCCCC2)CN1. The van der Waals surface area contributed by atoms with E-state index in [1.165, 1.54) is 11.3 Å². The molecule has 0 spiro atoms. The Kier molecular flexibility index (Phi) is 4.12. The molecule has 0 aromatic heterocycles. The van der Waals surface area contributed by atoms with E-state index in [1.54, 1.807) is 4.90 Å². The summed E-state index contributed by atoms with van der Waals surface area (Å²) in [6, 6.07) is -0.355. The van der Waals surface area contributed by atoms with Crippen molar-refractivity contribution in [3.8, 4) is 0 Å². The van der Waals surface area contributed by atoms with Gasteiger partial charge in [-0.05, 0) is 25.7 Å². The first-order chi connectivity index (χ1) is 10.2. The lowest BCUT2D eigenvalue weighted by Crippen LogP contribution is -2.49. The summed E-state index contributed by atoms with van der Waals surface area (Å²) in [4.78, 5) is 39.8. The fourth-order valence-electron chi connectivity index (χ4n) is 3.71. The van der Waals surface area contributed by atoms with E-state index in [2.05, 4.69) is 5.32 Å². The smallest absolute Gasteiger partial charge is 0.247 e. The summed E-state index contributed by atoms with van der Waals surface area (Å²) < 4.78 is 0. The summed E-state index contributed by atoms with van der Waals surface area (Å²) in [5.41, 5.74) is 0. The largest absolute Gasteiger partial charge is 0.337 e. The van der Waals surface area contributed by atoms with E-state index in [0.717, 1.165) is 38.5 Å². The van der Waals surface area contributed by atoms with Crippen LogP contribution in [0.25, 0.3) is 0 Å². The van der Waals surface area contributed by atoms with Gasteiger partial charge in [0, 0.05) is 12.5 Å². The van der Waals surface area contributed by atoms with Crippen LogP contribution in [0.3, 0.4) is 0 Å². The minimum Gasteiger partial charge on any atom is -0.337 e. The Morgan fingerprint density at radius 2 is 1.76 bits per heavy atom. The Balaban J connectivity index is 1.65. The van der Waals surface area contributed by atoms with E-state index in [9.17, 15) is 14.4 Å². The molecule has 3 fully saturated rings. The second-order valence-corrected chi connectivity index (χ2v) is 6.32. The molecule has 6 heteroatoms. The number of nitrogens with zero attached hydrogens (tertiary/aromatic N) is 2. The molecule has 1 unspecified atom stereocenters. The van der Waals surface area contributed by atoms with E-state index in [4.69, 9.17) is 0 Å². The zero-order valence-corrected chi connectivity index (χ0v) is 12.3. The van der Waals surface area contributed by atoms with E-state index < -0.39 is 0 Å². The molecular formula is C15H23N3O3. The highest BCUT2D eigenvalue weighted by atomic mass is 16.2. The van der Waals surface area contributed by atoms with Gasteiger partial charge in [0.15, 0.2) is 0 Å². The third-order valence-electron chi connectivity index (χ3n) is 4.89. The average molecular weight is 293 g/mol. The number of hydrogen-bond donors (Lipinski definition) is 1. The van der Waals surface area contributed by atoms with Gasteiger partial charge in [0.25, 0.3) is 0 Å². The standard InChI is InChI=1S/C15H23N3O3/c19-13-9-17(10-16-13)15(21)12-7-4-8-18(12)14(20)11-5-2-1-3-6-11/h11-12H,1-10H2,(H,16,19). The molecule has 116 valence electrons. The summed E-state index contributed by atoms with van der Waals surface area (Å²) >= 11 is 0. The van der Waals surface area contributed by atoms with Crippen LogP contribution in [-0.4, -0.2) is 53.3 Å². The highest BCUT2D eigenvalue weighted by molar-refractivity contribution is 5.93. The van der Waals surface area contributed by atoms with Gasteiger partial charge in [0.05, 0.1) is 6.67 Å². The van der Waals surface area contributed by atoms with Crippen LogP contribution in [-0.2, 0) is 14.4 Å². The van der Waals surface area contributed by atoms with Crippen molar-refractivity contribution in [3.63, 3.8) is 0 Å². The summed E-state index contributed by atoms with van der Waals surface area (Å²) in [5, 5.41) is 2.64. The number of carbonyl (C=O) groups is 3. The van der Waals surface area contributed by atoms with Crippen molar-refractivity contribution in [1.82, 2.24) is 15.1 Å². The van der Waals surface area contributed by atoms with E-state index in [1.807, 2.05) is 0 Å². The van der Waals surface area contributed by atoms with Gasteiger partial charge in [-0.3, -0.25) is 14.4 Å². The van der Waals surface area contributed by atoms with Gasteiger partial charge in [0.1, 0.15) is 12.6 Å². The molecule has 2 heterocycles. The lowest BCUT2D eigenvalue weighted by atomic mass is 9.88. The molecule has 0 aromatic carbocycles. The molecule has 2 aliphatic heterocycles. The zero-order valence-electron chi connectivity index (χ0n) is 12.3. The zero-order chi connectivity index (χ0) is 14.8. The molecule has 3 amide bonds. The maximum atomic E-state index is 12.7. The third-order valence-corrected chi connectivity index (χ3v) is 4.89. The molecule has 0 bridgehead atoms. The molecule has 6 nitrogen and oxygen atoms in total. The van der Waals surface area contributed by atoms with Gasteiger partial charge in [-0.15, -0.1) is 0 Å². The lowest BCUT2D eigenvalue weighted by molar-refractivity contribution is -0.146. The second kappa shape index (κ2) is 6.03. The van der Waals surface area contributed by atoms with Crippen LogP contribution in [0.1, 0.15) is 44.9 Å². The van der Waals surface area contributed by atoms with Crippen LogP contribution < -0.4 is 5.32 Å². The molecular weight excluding hydrogens is 270 g/mol. The van der Waals surface area contributed by atoms with Gasteiger partial charge in [-0.1, -0.05) is 19.3 Å². The monoisotopic (exact) mass is 293 g/mol. The summed E-state index contributed by atoms with van der Waals surface area (Å²) in [6.07, 6.45) is 6.97. The Labute approximate surface area is 124 Å². The van der Waals surface area contributed by atoms with Crippen LogP contribution in [0.4, 0.5) is 0 Å². The first-order valence-electron chi connectivity index (χ1n) is 8.03. The highest BCUT2D eigenvalue weighted by Crippen LogP contribution is 2.29. The van der Waals surface area contributed by atoms with Crippen molar-refractivity contribution in [2.45, 2.75) is 51.0 Å². The fourth-order valence-corrected chi connectivity index (χ4v) is 3.71. The first-order valence-corrected chi connectivity index (χ1v) is 8.03. The van der Waals surface area contributed by atoms with Gasteiger partial charge in [0.2, 0.25) is 17.7 Å². The average Bonchev–Trinajstić information content (AvgIpc) is 3.15. The van der Waals surface area contributed by atoms with E-state index >= 15 is 0 Å². The first kappa shape index (κ1) is 14.4. The third kappa shape index (κ3) is 2.89. The van der Waals surface area contributed by atoms with Crippen molar-refractivity contribution in [2.24, 2.45) is 5.92 Å². The van der Waals surface area contributed by atoms with Crippen LogP contribution >= 0.6 is 0 Å². The van der Waals surface area contributed by atoms with Crippen molar-refractivity contribution in [3.05, 3.63) is 0 Å². The van der Waals surface area contributed by atoms with Crippen molar-refractivity contribution < 1.29 is 14.4 Å². The van der Waals surface area contributed by atoms with Crippen LogP contribution in [0.5, 0.6) is 0 Å². The van der Waals surface area contributed by atoms with Crippen LogP contribution in [0.15, 0.2) is 0 Å². The van der Waals surface area contributed by atoms with Crippen molar-refractivity contribution in [1.29, 1.82) is 0 Å². The Hall–Kier alpha value is -1.59. The summed E-state index contributed by atoms with van der Waals surface area (Å²) in [7, 11) is 0. The van der Waals surface area contributed by atoms with Gasteiger partial charge < -0.3 is 15.1 Å². The number of amides is 3. The van der Waals surface area contributed by atoms with Gasteiger partial charge in [-0.2, -0.15) is 0 Å². The van der Waals surface area contributed by atoms with Gasteiger partial charge >= 0.3 is 0 Å². The predicted octanol–water partition coefficient (Wildman–Crippen LogP) is 0.474. The molecule has 1 N–H and O–H groups in total. The molecule has 1 atom stereocenters. The molecule has 0 aromatic rings.